The average molecular weight is 414 g/mol. The number of carboxylic acid groups (broad SMARTS) is 1. The minimum absolute atomic E-state index is 0. The molecule has 9 nitrogen and oxygen atoms in total. The molecule has 160 valence electrons. The van der Waals surface area contributed by atoms with Crippen molar-refractivity contribution in [2.45, 2.75) is 32.7 Å². The molecule has 2 aliphatic heterocycles. The summed E-state index contributed by atoms with van der Waals surface area (Å²) in [5.41, 5.74) is 1.05. The highest BCUT2D eigenvalue weighted by Crippen LogP contribution is 2.38. The van der Waals surface area contributed by atoms with Crippen LogP contribution in [-0.4, -0.2) is 57.8 Å². The summed E-state index contributed by atoms with van der Waals surface area (Å²) in [6.07, 6.45) is 3.37. The van der Waals surface area contributed by atoms with Crippen molar-refractivity contribution in [1.82, 2.24) is 9.88 Å². The molecule has 3 heterocycles. The Morgan fingerprint density at radius 3 is 2.60 bits per heavy atom. The summed E-state index contributed by atoms with van der Waals surface area (Å²) in [5.74, 6) is -1.71. The van der Waals surface area contributed by atoms with Gasteiger partial charge in [-0.05, 0) is 35.7 Å². The van der Waals surface area contributed by atoms with Gasteiger partial charge in [0.05, 0.1) is 36.8 Å². The van der Waals surface area contributed by atoms with Crippen molar-refractivity contribution in [3.8, 4) is 11.5 Å². The van der Waals surface area contributed by atoms with Crippen LogP contribution in [0.4, 0.5) is 0 Å². The van der Waals surface area contributed by atoms with Gasteiger partial charge in [0, 0.05) is 12.4 Å². The molecule has 0 aliphatic carbocycles. The summed E-state index contributed by atoms with van der Waals surface area (Å²) >= 11 is 0. The minimum atomic E-state index is -3.12. The van der Waals surface area contributed by atoms with Crippen LogP contribution in [0.15, 0.2) is 36.7 Å². The van der Waals surface area contributed by atoms with E-state index >= 15 is 0 Å². The molecule has 1 aromatic heterocycles. The summed E-state index contributed by atoms with van der Waals surface area (Å²) in [4.78, 5) is 29.5. The third kappa shape index (κ3) is 4.39. The molecule has 0 atom stereocenters. The van der Waals surface area contributed by atoms with Crippen LogP contribution in [0.2, 0.25) is 6.32 Å². The first kappa shape index (κ1) is 21.6. The maximum absolute atomic E-state index is 12.3. The van der Waals surface area contributed by atoms with Crippen LogP contribution < -0.4 is 14.5 Å². The number of aromatic carboxylic acids is 1. The fraction of sp³-hybridized carbons (Fsp3) is 0.350. The molecular weight excluding hydrogens is 391 g/mol. The van der Waals surface area contributed by atoms with Gasteiger partial charge in [-0.25, -0.2) is 0 Å². The Kier molecular flexibility index (Phi) is 6.00. The second-order valence-electron chi connectivity index (χ2n) is 7.30. The van der Waals surface area contributed by atoms with Gasteiger partial charge in [0.1, 0.15) is 11.9 Å². The van der Waals surface area contributed by atoms with Gasteiger partial charge >= 0.3 is 6.75 Å². The van der Waals surface area contributed by atoms with E-state index in [-0.39, 0.29) is 55.7 Å². The molecular formula is C20H23BN2O7-2. The number of carbonyl (C=O) groups excluding carboxylic acids is 2. The molecule has 4 rings (SSSR count). The van der Waals surface area contributed by atoms with Crippen molar-refractivity contribution in [3.05, 3.63) is 53.3 Å². The highest BCUT2D eigenvalue weighted by atomic mass is 16.6. The molecule has 0 unspecified atom stereocenters. The van der Waals surface area contributed by atoms with E-state index in [9.17, 15) is 24.7 Å². The molecule has 0 bridgehead atoms. The SMILES string of the molecule is C.O=C([O-])c1c(OC2CN(C(=O)Cc3ccncc3)C2)ccc2c1O[B-](O)(O)CC2. The number of likely N-dealkylation sites (tertiary alicyclic amines) is 1. The zero-order valence-corrected chi connectivity index (χ0v) is 15.5. The van der Waals surface area contributed by atoms with Crippen molar-refractivity contribution in [1.29, 1.82) is 0 Å². The monoisotopic (exact) mass is 414 g/mol. The van der Waals surface area contributed by atoms with Crippen LogP contribution in [0.1, 0.15) is 28.9 Å². The van der Waals surface area contributed by atoms with Gasteiger partial charge in [-0.1, -0.05) is 19.8 Å². The van der Waals surface area contributed by atoms with E-state index in [1.165, 1.54) is 6.07 Å². The Labute approximate surface area is 173 Å². The van der Waals surface area contributed by atoms with Gasteiger partial charge in [0.25, 0.3) is 0 Å². The number of aryl methyl sites for hydroxylation is 1. The molecule has 1 aromatic carbocycles. The fourth-order valence-corrected chi connectivity index (χ4v) is 3.50. The number of hydrogen-bond donors (Lipinski definition) is 2. The van der Waals surface area contributed by atoms with E-state index in [0.717, 1.165) is 5.56 Å². The smallest absolute Gasteiger partial charge is 0.430 e. The zero-order valence-electron chi connectivity index (χ0n) is 15.5. The number of benzene rings is 1. The Morgan fingerprint density at radius 2 is 1.93 bits per heavy atom. The van der Waals surface area contributed by atoms with Gasteiger partial charge in [0.15, 0.2) is 0 Å². The summed E-state index contributed by atoms with van der Waals surface area (Å²) in [5, 5.41) is 31.2. The number of pyridine rings is 1. The molecule has 2 aromatic rings. The molecule has 0 saturated carbocycles. The van der Waals surface area contributed by atoms with Crippen LogP contribution in [0, 0.1) is 0 Å². The van der Waals surface area contributed by atoms with Crippen molar-refractivity contribution >= 4 is 18.6 Å². The third-order valence-corrected chi connectivity index (χ3v) is 5.10. The predicted molar refractivity (Wildman–Crippen MR) is 106 cm³/mol. The predicted octanol–water partition coefficient (Wildman–Crippen LogP) is -0.228. The molecule has 1 amide bonds. The van der Waals surface area contributed by atoms with Gasteiger partial charge in [-0.3, -0.25) is 9.78 Å². The maximum Gasteiger partial charge on any atom is 0.430 e. The topological polar surface area (TPSA) is 132 Å². The van der Waals surface area contributed by atoms with E-state index in [0.29, 0.717) is 18.7 Å². The number of nitrogens with zero attached hydrogens (tertiary/aromatic N) is 2. The largest absolute Gasteiger partial charge is 0.669 e. The Balaban J connectivity index is 0.00000256. The summed E-state index contributed by atoms with van der Waals surface area (Å²) in [6.45, 7) is -2.47. The van der Waals surface area contributed by atoms with E-state index in [1.807, 2.05) is 0 Å². The minimum Gasteiger partial charge on any atom is -0.669 e. The lowest BCUT2D eigenvalue weighted by Gasteiger charge is -2.41. The second-order valence-corrected chi connectivity index (χ2v) is 7.30. The molecule has 30 heavy (non-hydrogen) atoms. The first-order valence-electron chi connectivity index (χ1n) is 9.32. The lowest BCUT2D eigenvalue weighted by Crippen LogP contribution is -2.56. The average Bonchev–Trinajstić information content (AvgIpc) is 2.63. The van der Waals surface area contributed by atoms with E-state index in [2.05, 4.69) is 4.98 Å². The molecule has 2 N–H and O–H groups in total. The second kappa shape index (κ2) is 8.33. The standard InChI is InChI=1S/C19H20BN2O7.CH4/c23-16(9-12-4-7-21-8-5-12)22-10-14(11-22)28-15-2-1-13-3-6-20(26,27)29-18(13)17(15)19(24)25;/h1-2,4-5,7-8,14,26-27H,3,6,9-11H2,(H,24,25);1H4/q-1;/p-1. The normalized spacial score (nSPS) is 17.1. The Morgan fingerprint density at radius 1 is 1.23 bits per heavy atom. The molecule has 10 heteroatoms. The van der Waals surface area contributed by atoms with Crippen molar-refractivity contribution in [2.75, 3.05) is 13.1 Å². The number of fused-ring (bicyclic) bond motifs is 1. The number of carbonyl (C=O) groups is 2. The lowest BCUT2D eigenvalue weighted by atomic mass is 9.70. The Bertz CT molecular complexity index is 946. The molecule has 0 spiro atoms. The van der Waals surface area contributed by atoms with Crippen LogP contribution in [0.3, 0.4) is 0 Å². The van der Waals surface area contributed by atoms with E-state index in [1.54, 1.807) is 35.5 Å². The van der Waals surface area contributed by atoms with E-state index < -0.39 is 12.7 Å². The molecule has 1 saturated heterocycles. The van der Waals surface area contributed by atoms with Gasteiger partial charge in [-0.2, -0.15) is 0 Å². The van der Waals surface area contributed by atoms with Crippen molar-refractivity contribution in [3.63, 3.8) is 0 Å². The molecule has 1 fully saturated rings. The first-order chi connectivity index (χ1) is 13.8. The van der Waals surface area contributed by atoms with Crippen LogP contribution in [0.5, 0.6) is 11.5 Å². The van der Waals surface area contributed by atoms with Gasteiger partial charge < -0.3 is 34.2 Å². The maximum atomic E-state index is 12.3. The number of aromatic nitrogens is 1. The van der Waals surface area contributed by atoms with Crippen molar-refractivity contribution < 1.29 is 34.1 Å². The lowest BCUT2D eigenvalue weighted by molar-refractivity contribution is -0.255. The van der Waals surface area contributed by atoms with Crippen LogP contribution in [0.25, 0.3) is 0 Å². The van der Waals surface area contributed by atoms with Gasteiger partial charge in [0.2, 0.25) is 5.91 Å². The molecule has 2 aliphatic rings. The van der Waals surface area contributed by atoms with Crippen LogP contribution >= 0.6 is 0 Å². The van der Waals surface area contributed by atoms with Crippen LogP contribution in [-0.2, 0) is 17.6 Å². The number of ether oxygens (including phenoxy) is 1. The number of rotatable bonds is 5. The van der Waals surface area contributed by atoms with Gasteiger partial charge in [-0.15, -0.1) is 0 Å². The zero-order chi connectivity index (χ0) is 20.6. The Hall–Kier alpha value is -3.11. The van der Waals surface area contributed by atoms with Crippen molar-refractivity contribution in [2.24, 2.45) is 0 Å². The number of hydrogen-bond acceptors (Lipinski definition) is 8. The molecule has 0 radical (unpaired) electrons. The summed E-state index contributed by atoms with van der Waals surface area (Å²) < 4.78 is 10.9. The number of carboxylic acids is 1. The summed E-state index contributed by atoms with van der Waals surface area (Å²) in [7, 11) is 0. The highest BCUT2D eigenvalue weighted by Gasteiger charge is 2.35. The fourth-order valence-electron chi connectivity index (χ4n) is 3.50. The first-order valence-corrected chi connectivity index (χ1v) is 9.32. The summed E-state index contributed by atoms with van der Waals surface area (Å²) in [6, 6.07) is 6.68. The van der Waals surface area contributed by atoms with E-state index in [4.69, 9.17) is 9.39 Å². The number of amides is 1. The highest BCUT2D eigenvalue weighted by molar-refractivity contribution is 6.59. The third-order valence-electron chi connectivity index (χ3n) is 5.10. The quantitative estimate of drug-likeness (QED) is 0.642.